The third-order valence-corrected chi connectivity index (χ3v) is 10.9. The van der Waals surface area contributed by atoms with Gasteiger partial charge in [0.05, 0.1) is 0 Å². The van der Waals surface area contributed by atoms with Crippen molar-refractivity contribution in [3.05, 3.63) is 187 Å². The van der Waals surface area contributed by atoms with Crippen molar-refractivity contribution in [1.29, 1.82) is 0 Å². The van der Waals surface area contributed by atoms with Gasteiger partial charge < -0.3 is 9.64 Å². The van der Waals surface area contributed by atoms with Crippen LogP contribution in [-0.4, -0.2) is 0 Å². The largest absolute Gasteiger partial charge is 0.456 e. The Labute approximate surface area is 298 Å². The summed E-state index contributed by atoms with van der Waals surface area (Å²) in [4.78, 5) is 2.41. The van der Waals surface area contributed by atoms with Gasteiger partial charge in [-0.3, -0.25) is 0 Å². The lowest BCUT2D eigenvalue weighted by atomic mass is 9.82. The van der Waals surface area contributed by atoms with Gasteiger partial charge in [-0.05, 0) is 104 Å². The molecule has 1 aliphatic carbocycles. The fourth-order valence-electron chi connectivity index (χ4n) is 8.37. The minimum atomic E-state index is -0.0615. The second-order valence-electron chi connectivity index (χ2n) is 14.1. The van der Waals surface area contributed by atoms with E-state index in [2.05, 4.69) is 189 Å². The molecule has 0 N–H and O–H groups in total. The molecule has 0 atom stereocenters. The maximum Gasteiger partial charge on any atom is 0.135 e. The van der Waals surface area contributed by atoms with Crippen molar-refractivity contribution in [3.63, 3.8) is 0 Å². The zero-order chi connectivity index (χ0) is 34.1. The van der Waals surface area contributed by atoms with Crippen LogP contribution >= 0.6 is 0 Å². The molecule has 51 heavy (non-hydrogen) atoms. The lowest BCUT2D eigenvalue weighted by Gasteiger charge is -2.28. The van der Waals surface area contributed by atoms with Crippen molar-refractivity contribution < 1.29 is 4.74 Å². The van der Waals surface area contributed by atoms with Crippen molar-refractivity contribution in [2.45, 2.75) is 19.3 Å². The smallest absolute Gasteiger partial charge is 0.135 e. The maximum atomic E-state index is 6.72. The van der Waals surface area contributed by atoms with Crippen LogP contribution in [0.1, 0.15) is 25.0 Å². The monoisotopic (exact) mass is 653 g/mol. The maximum absolute atomic E-state index is 6.72. The third kappa shape index (κ3) is 4.64. The molecule has 0 spiro atoms. The molecule has 1 heterocycles. The number of nitrogens with zero attached hydrogens (tertiary/aromatic N) is 1. The predicted molar refractivity (Wildman–Crippen MR) is 213 cm³/mol. The van der Waals surface area contributed by atoms with E-state index in [-0.39, 0.29) is 5.41 Å². The summed E-state index contributed by atoms with van der Waals surface area (Å²) in [6, 6.07) is 63.6. The Morgan fingerprint density at radius 1 is 0.412 bits per heavy atom. The Morgan fingerprint density at radius 3 is 1.90 bits per heavy atom. The van der Waals surface area contributed by atoms with Crippen molar-refractivity contribution in [2.24, 2.45) is 0 Å². The number of rotatable bonds is 4. The summed E-state index contributed by atoms with van der Waals surface area (Å²) in [6.45, 7) is 4.68. The zero-order valence-electron chi connectivity index (χ0n) is 28.6. The van der Waals surface area contributed by atoms with Gasteiger partial charge in [-0.1, -0.05) is 141 Å². The second kappa shape index (κ2) is 11.3. The number of hydrogen-bond acceptors (Lipinski definition) is 2. The van der Waals surface area contributed by atoms with E-state index in [1.54, 1.807) is 0 Å². The Balaban J connectivity index is 1.21. The molecule has 0 amide bonds. The molecule has 242 valence electrons. The number of fused-ring (bicyclic) bond motifs is 10. The highest BCUT2D eigenvalue weighted by Crippen LogP contribution is 2.52. The Bertz CT molecular complexity index is 2650. The summed E-state index contributed by atoms with van der Waals surface area (Å²) >= 11 is 0. The van der Waals surface area contributed by atoms with Crippen LogP contribution in [0, 0.1) is 0 Å². The Kier molecular flexibility index (Phi) is 6.56. The van der Waals surface area contributed by atoms with Crippen molar-refractivity contribution >= 4 is 27.8 Å². The number of anilines is 3. The number of benzene rings is 8. The highest BCUT2D eigenvalue weighted by atomic mass is 16.5. The Morgan fingerprint density at radius 2 is 1.04 bits per heavy atom. The van der Waals surface area contributed by atoms with Crippen LogP contribution in [-0.2, 0) is 5.41 Å². The van der Waals surface area contributed by atoms with E-state index in [4.69, 9.17) is 4.74 Å². The highest BCUT2D eigenvalue weighted by molar-refractivity contribution is 6.06. The van der Waals surface area contributed by atoms with Gasteiger partial charge >= 0.3 is 0 Å². The summed E-state index contributed by atoms with van der Waals surface area (Å²) in [5, 5.41) is 2.33. The van der Waals surface area contributed by atoms with E-state index in [0.717, 1.165) is 45.1 Å². The second-order valence-corrected chi connectivity index (χ2v) is 14.1. The molecule has 8 aromatic carbocycles. The predicted octanol–water partition coefficient (Wildman–Crippen LogP) is 13.7. The van der Waals surface area contributed by atoms with Crippen LogP contribution in [0.15, 0.2) is 176 Å². The molecule has 10 rings (SSSR count). The van der Waals surface area contributed by atoms with Gasteiger partial charge in [0, 0.05) is 33.6 Å². The molecule has 0 saturated carbocycles. The molecule has 0 unspecified atom stereocenters. The van der Waals surface area contributed by atoms with E-state index in [0.29, 0.717) is 0 Å². The summed E-state index contributed by atoms with van der Waals surface area (Å²) in [5.74, 6) is 1.74. The van der Waals surface area contributed by atoms with Crippen LogP contribution in [0.3, 0.4) is 0 Å². The zero-order valence-corrected chi connectivity index (χ0v) is 28.6. The molecule has 0 fully saturated rings. The molecule has 8 aromatic rings. The fraction of sp³-hybridized carbons (Fsp3) is 0.0612. The fourth-order valence-corrected chi connectivity index (χ4v) is 8.37. The van der Waals surface area contributed by atoms with Gasteiger partial charge in [-0.25, -0.2) is 0 Å². The summed E-state index contributed by atoms with van der Waals surface area (Å²) in [6.07, 6.45) is 0. The normalized spacial score (nSPS) is 13.2. The van der Waals surface area contributed by atoms with Crippen LogP contribution in [0.4, 0.5) is 17.1 Å². The Hall–Kier alpha value is -6.38. The van der Waals surface area contributed by atoms with Gasteiger partial charge in [-0.2, -0.15) is 0 Å². The molecular formula is C49H35NO. The lowest BCUT2D eigenvalue weighted by molar-refractivity contribution is 0.488. The average Bonchev–Trinajstić information content (AvgIpc) is 3.30. The van der Waals surface area contributed by atoms with Crippen molar-refractivity contribution in [2.75, 3.05) is 4.90 Å². The van der Waals surface area contributed by atoms with E-state index < -0.39 is 0 Å². The quantitative estimate of drug-likeness (QED) is 0.187. The van der Waals surface area contributed by atoms with Gasteiger partial charge in [0.25, 0.3) is 0 Å². The van der Waals surface area contributed by atoms with E-state index in [1.807, 2.05) is 6.07 Å². The molecule has 2 nitrogen and oxygen atoms in total. The SMILES string of the molecule is CC1(C)c2ccccc2-c2cc(N(c3cccc(-c4ccccc4)c3)c3ccc4ccc5c(c4c3)-c3ccccc3-c3ccccc3O5)ccc21. The molecular weight excluding hydrogens is 619 g/mol. The van der Waals surface area contributed by atoms with Gasteiger partial charge in [0.15, 0.2) is 0 Å². The number of ether oxygens (including phenoxy) is 1. The highest BCUT2D eigenvalue weighted by Gasteiger charge is 2.35. The summed E-state index contributed by atoms with van der Waals surface area (Å²) in [7, 11) is 0. The van der Waals surface area contributed by atoms with E-state index in [9.17, 15) is 0 Å². The molecule has 0 bridgehead atoms. The standard InChI is InChI=1S/C49H35NO/c1-49(2)44-21-10-8-18-39(44)43-31-37(26-27-45(43)49)50(35-16-12-15-34(29-35)32-13-4-3-5-14-32)36-25-23-33-24-28-47-48(42(33)30-36)41-20-7-6-17-38(41)40-19-9-11-22-46(40)51-47/h3-31H,1-2H3. The minimum absolute atomic E-state index is 0.0615. The molecule has 2 aliphatic rings. The van der Waals surface area contributed by atoms with Crippen LogP contribution < -0.4 is 9.64 Å². The van der Waals surface area contributed by atoms with E-state index in [1.165, 1.54) is 49.9 Å². The first kappa shape index (κ1) is 29.5. The average molecular weight is 654 g/mol. The minimum Gasteiger partial charge on any atom is -0.456 e. The first-order valence-electron chi connectivity index (χ1n) is 17.7. The first-order valence-corrected chi connectivity index (χ1v) is 17.7. The molecule has 2 heteroatoms. The first-order chi connectivity index (χ1) is 25.0. The number of para-hydroxylation sites is 1. The summed E-state index contributed by atoms with van der Waals surface area (Å²) < 4.78 is 6.72. The third-order valence-electron chi connectivity index (χ3n) is 10.9. The molecule has 1 aliphatic heterocycles. The van der Waals surface area contributed by atoms with Gasteiger partial charge in [-0.15, -0.1) is 0 Å². The van der Waals surface area contributed by atoms with Crippen molar-refractivity contribution in [1.82, 2.24) is 0 Å². The molecule has 0 saturated heterocycles. The summed E-state index contributed by atoms with van der Waals surface area (Å²) in [5.41, 5.74) is 15.6. The van der Waals surface area contributed by atoms with Gasteiger partial charge in [0.2, 0.25) is 0 Å². The van der Waals surface area contributed by atoms with Crippen LogP contribution in [0.5, 0.6) is 11.5 Å². The number of hydrogen-bond donors (Lipinski definition) is 0. The lowest BCUT2D eigenvalue weighted by Crippen LogP contribution is -2.15. The van der Waals surface area contributed by atoms with Crippen LogP contribution in [0.2, 0.25) is 0 Å². The van der Waals surface area contributed by atoms with Crippen LogP contribution in [0.25, 0.3) is 55.3 Å². The topological polar surface area (TPSA) is 12.5 Å². The molecule has 0 aromatic heterocycles. The van der Waals surface area contributed by atoms with Crippen molar-refractivity contribution in [3.8, 4) is 56.0 Å². The van der Waals surface area contributed by atoms with Gasteiger partial charge in [0.1, 0.15) is 11.5 Å². The van der Waals surface area contributed by atoms with E-state index >= 15 is 0 Å². The molecule has 0 radical (unpaired) electrons.